The number of carbonyl (C=O) groups is 2. The molecule has 0 saturated carbocycles. The van der Waals surface area contributed by atoms with Crippen LogP contribution in [0.3, 0.4) is 0 Å². The molecule has 116 valence electrons. The summed E-state index contributed by atoms with van der Waals surface area (Å²) in [5.74, 6) is 0.238. The molecular formula is C14H20N2O5. The van der Waals surface area contributed by atoms with Gasteiger partial charge in [0.2, 0.25) is 0 Å². The van der Waals surface area contributed by atoms with Crippen molar-refractivity contribution in [1.82, 2.24) is 5.32 Å². The van der Waals surface area contributed by atoms with E-state index >= 15 is 0 Å². The minimum atomic E-state index is -0.535. The highest BCUT2D eigenvalue weighted by Crippen LogP contribution is 2.17. The van der Waals surface area contributed by atoms with Crippen LogP contribution in [0, 0.1) is 0 Å². The van der Waals surface area contributed by atoms with Crippen molar-refractivity contribution < 1.29 is 23.8 Å². The molecular weight excluding hydrogens is 276 g/mol. The monoisotopic (exact) mass is 296 g/mol. The summed E-state index contributed by atoms with van der Waals surface area (Å²) in [6, 6.07) is 6.71. The summed E-state index contributed by atoms with van der Waals surface area (Å²) in [7, 11) is 1.56. The molecule has 0 aliphatic carbocycles. The Balaban J connectivity index is 2.41. The van der Waals surface area contributed by atoms with Gasteiger partial charge in [0.15, 0.2) is 6.61 Å². The van der Waals surface area contributed by atoms with Crippen molar-refractivity contribution in [2.24, 2.45) is 0 Å². The van der Waals surface area contributed by atoms with Gasteiger partial charge in [0, 0.05) is 25.4 Å². The Kier molecular flexibility index (Phi) is 7.67. The van der Waals surface area contributed by atoms with Crippen LogP contribution in [-0.4, -0.2) is 45.5 Å². The van der Waals surface area contributed by atoms with Crippen molar-refractivity contribution >= 4 is 17.7 Å². The minimum absolute atomic E-state index is 0.105. The Bertz CT molecular complexity index is 464. The van der Waals surface area contributed by atoms with E-state index in [4.69, 9.17) is 14.2 Å². The Labute approximate surface area is 123 Å². The minimum Gasteiger partial charge on any atom is -0.484 e. The van der Waals surface area contributed by atoms with Crippen LogP contribution in [0.15, 0.2) is 24.3 Å². The van der Waals surface area contributed by atoms with Crippen molar-refractivity contribution in [1.29, 1.82) is 0 Å². The molecule has 0 fully saturated rings. The van der Waals surface area contributed by atoms with E-state index in [1.54, 1.807) is 38.3 Å². The average molecular weight is 296 g/mol. The molecule has 1 aromatic carbocycles. The summed E-state index contributed by atoms with van der Waals surface area (Å²) < 4.78 is 14.9. The number of carbonyl (C=O) groups excluding carboxylic acids is 2. The van der Waals surface area contributed by atoms with Gasteiger partial charge in [0.1, 0.15) is 5.75 Å². The van der Waals surface area contributed by atoms with E-state index in [-0.39, 0.29) is 12.5 Å². The second kappa shape index (κ2) is 9.60. The van der Waals surface area contributed by atoms with Crippen molar-refractivity contribution in [3.05, 3.63) is 24.3 Å². The molecule has 1 aromatic rings. The summed E-state index contributed by atoms with van der Waals surface area (Å²) in [5, 5.41) is 5.19. The molecule has 0 aliphatic heterocycles. The molecule has 0 heterocycles. The third-order valence-electron chi connectivity index (χ3n) is 2.35. The molecule has 0 aromatic heterocycles. The van der Waals surface area contributed by atoms with Gasteiger partial charge < -0.3 is 19.5 Å². The Morgan fingerprint density at radius 2 is 2.10 bits per heavy atom. The molecule has 0 spiro atoms. The van der Waals surface area contributed by atoms with E-state index in [2.05, 4.69) is 10.6 Å². The Morgan fingerprint density at radius 1 is 1.29 bits per heavy atom. The summed E-state index contributed by atoms with van der Waals surface area (Å²) in [5.41, 5.74) is 0.533. The SMILES string of the molecule is CCOC(=O)Nc1cccc(OCC(=O)NCCOC)c1. The molecule has 0 atom stereocenters. The van der Waals surface area contributed by atoms with Crippen molar-refractivity contribution in [2.45, 2.75) is 6.92 Å². The third-order valence-corrected chi connectivity index (χ3v) is 2.35. The van der Waals surface area contributed by atoms with E-state index in [1.165, 1.54) is 0 Å². The van der Waals surface area contributed by atoms with Gasteiger partial charge in [-0.1, -0.05) is 6.07 Å². The fraction of sp³-hybridized carbons (Fsp3) is 0.429. The summed E-state index contributed by atoms with van der Waals surface area (Å²) >= 11 is 0. The number of ether oxygens (including phenoxy) is 3. The number of amides is 2. The highest BCUT2D eigenvalue weighted by atomic mass is 16.5. The predicted molar refractivity (Wildman–Crippen MR) is 77.5 cm³/mol. The lowest BCUT2D eigenvalue weighted by Gasteiger charge is -2.09. The molecule has 0 saturated heterocycles. The highest BCUT2D eigenvalue weighted by molar-refractivity contribution is 5.84. The van der Waals surface area contributed by atoms with Gasteiger partial charge in [-0.2, -0.15) is 0 Å². The Morgan fingerprint density at radius 3 is 2.81 bits per heavy atom. The molecule has 0 aliphatic rings. The second-order valence-electron chi connectivity index (χ2n) is 4.00. The van der Waals surface area contributed by atoms with Gasteiger partial charge in [-0.15, -0.1) is 0 Å². The van der Waals surface area contributed by atoms with Gasteiger partial charge in [-0.05, 0) is 19.1 Å². The maximum Gasteiger partial charge on any atom is 0.411 e. The maximum atomic E-state index is 11.5. The molecule has 1 rings (SSSR count). The number of benzene rings is 1. The zero-order valence-electron chi connectivity index (χ0n) is 12.2. The predicted octanol–water partition coefficient (Wildman–Crippen LogP) is 1.40. The summed E-state index contributed by atoms with van der Waals surface area (Å²) in [6.45, 7) is 2.80. The normalized spacial score (nSPS) is 9.81. The van der Waals surface area contributed by atoms with Crippen molar-refractivity contribution in [2.75, 3.05) is 38.8 Å². The van der Waals surface area contributed by atoms with Gasteiger partial charge >= 0.3 is 6.09 Å². The van der Waals surface area contributed by atoms with Gasteiger partial charge in [0.25, 0.3) is 5.91 Å². The first-order valence-corrected chi connectivity index (χ1v) is 6.58. The number of rotatable bonds is 8. The lowest BCUT2D eigenvalue weighted by atomic mass is 10.3. The first kappa shape index (κ1) is 16.8. The molecule has 0 unspecified atom stereocenters. The molecule has 2 amide bonds. The molecule has 7 heteroatoms. The number of methoxy groups -OCH3 is 1. The first-order chi connectivity index (χ1) is 10.2. The van der Waals surface area contributed by atoms with Crippen LogP contribution in [0.5, 0.6) is 5.75 Å². The zero-order chi connectivity index (χ0) is 15.5. The van der Waals surface area contributed by atoms with Crippen molar-refractivity contribution in [3.8, 4) is 5.75 Å². The number of hydrogen-bond donors (Lipinski definition) is 2. The fourth-order valence-electron chi connectivity index (χ4n) is 1.44. The average Bonchev–Trinajstić information content (AvgIpc) is 2.46. The molecule has 0 radical (unpaired) electrons. The van der Waals surface area contributed by atoms with Crippen LogP contribution in [0.2, 0.25) is 0 Å². The van der Waals surface area contributed by atoms with Crippen LogP contribution in [-0.2, 0) is 14.3 Å². The van der Waals surface area contributed by atoms with Crippen LogP contribution >= 0.6 is 0 Å². The smallest absolute Gasteiger partial charge is 0.411 e. The van der Waals surface area contributed by atoms with Crippen LogP contribution < -0.4 is 15.4 Å². The van der Waals surface area contributed by atoms with Gasteiger partial charge in [0.05, 0.1) is 13.2 Å². The number of hydrogen-bond acceptors (Lipinski definition) is 5. The maximum absolute atomic E-state index is 11.5. The molecule has 21 heavy (non-hydrogen) atoms. The first-order valence-electron chi connectivity index (χ1n) is 6.58. The van der Waals surface area contributed by atoms with E-state index in [9.17, 15) is 9.59 Å². The highest BCUT2D eigenvalue weighted by Gasteiger charge is 2.05. The zero-order valence-corrected chi connectivity index (χ0v) is 12.2. The van der Waals surface area contributed by atoms with E-state index in [1.807, 2.05) is 0 Å². The number of anilines is 1. The fourth-order valence-corrected chi connectivity index (χ4v) is 1.44. The molecule has 7 nitrogen and oxygen atoms in total. The van der Waals surface area contributed by atoms with Crippen LogP contribution in [0.1, 0.15) is 6.92 Å². The third kappa shape index (κ3) is 7.17. The second-order valence-corrected chi connectivity index (χ2v) is 4.00. The topological polar surface area (TPSA) is 85.9 Å². The lowest BCUT2D eigenvalue weighted by Crippen LogP contribution is -2.31. The van der Waals surface area contributed by atoms with Crippen LogP contribution in [0.25, 0.3) is 0 Å². The standard InChI is InChI=1S/C14H20N2O5/c1-3-20-14(18)16-11-5-4-6-12(9-11)21-10-13(17)15-7-8-19-2/h4-6,9H,3,7-8,10H2,1-2H3,(H,15,17)(H,16,18). The quantitative estimate of drug-likeness (QED) is 0.708. The summed E-state index contributed by atoms with van der Waals surface area (Å²) in [6.07, 6.45) is -0.535. The van der Waals surface area contributed by atoms with E-state index < -0.39 is 6.09 Å². The van der Waals surface area contributed by atoms with Gasteiger partial charge in [-0.25, -0.2) is 4.79 Å². The number of nitrogens with one attached hydrogen (secondary N) is 2. The molecule has 0 bridgehead atoms. The lowest BCUT2D eigenvalue weighted by molar-refractivity contribution is -0.123. The van der Waals surface area contributed by atoms with E-state index in [0.717, 1.165) is 0 Å². The largest absolute Gasteiger partial charge is 0.484 e. The van der Waals surface area contributed by atoms with Gasteiger partial charge in [-0.3, -0.25) is 10.1 Å². The molecule has 2 N–H and O–H groups in total. The van der Waals surface area contributed by atoms with Crippen LogP contribution in [0.4, 0.5) is 10.5 Å². The van der Waals surface area contributed by atoms with E-state index in [0.29, 0.717) is 31.2 Å². The summed E-state index contributed by atoms with van der Waals surface area (Å²) in [4.78, 5) is 22.7. The van der Waals surface area contributed by atoms with Crippen molar-refractivity contribution in [3.63, 3.8) is 0 Å². The Hall–Kier alpha value is -2.28.